The minimum atomic E-state index is -0.808. The van der Waals surface area contributed by atoms with Crippen LogP contribution < -0.4 is 10.6 Å². The summed E-state index contributed by atoms with van der Waals surface area (Å²) in [5.41, 5.74) is 1.37. The predicted molar refractivity (Wildman–Crippen MR) is 113 cm³/mol. The molecular formula is C24H23FN2O4. The van der Waals surface area contributed by atoms with Crippen molar-refractivity contribution in [1.82, 2.24) is 5.32 Å². The Bertz CT molecular complexity index is 1040. The number of amides is 2. The summed E-state index contributed by atoms with van der Waals surface area (Å²) in [6.07, 6.45) is 2.44. The van der Waals surface area contributed by atoms with Crippen LogP contribution in [-0.4, -0.2) is 25.0 Å². The number of hydrogen-bond acceptors (Lipinski definition) is 4. The first-order chi connectivity index (χ1) is 15.1. The van der Waals surface area contributed by atoms with Gasteiger partial charge in [0.05, 0.1) is 11.7 Å². The van der Waals surface area contributed by atoms with Gasteiger partial charge in [0.15, 0.2) is 5.76 Å². The van der Waals surface area contributed by atoms with Crippen molar-refractivity contribution in [3.8, 4) is 0 Å². The van der Waals surface area contributed by atoms with Gasteiger partial charge in [-0.25, -0.2) is 4.39 Å². The Balaban J connectivity index is 1.41. The maximum absolute atomic E-state index is 13.8. The molecule has 0 aliphatic carbocycles. The molecule has 31 heavy (non-hydrogen) atoms. The third kappa shape index (κ3) is 4.67. The fraction of sp³-hybridized carbons (Fsp3) is 0.250. The van der Waals surface area contributed by atoms with Gasteiger partial charge in [-0.2, -0.15) is 0 Å². The second kappa shape index (κ2) is 9.14. The molecule has 3 aromatic rings. The zero-order chi connectivity index (χ0) is 21.7. The highest BCUT2D eigenvalue weighted by Crippen LogP contribution is 2.35. The molecule has 2 amide bonds. The van der Waals surface area contributed by atoms with Crippen molar-refractivity contribution in [1.29, 1.82) is 0 Å². The Labute approximate surface area is 179 Å². The van der Waals surface area contributed by atoms with Gasteiger partial charge in [-0.1, -0.05) is 24.3 Å². The van der Waals surface area contributed by atoms with E-state index in [4.69, 9.17) is 9.15 Å². The topological polar surface area (TPSA) is 80.6 Å². The van der Waals surface area contributed by atoms with Crippen molar-refractivity contribution in [2.45, 2.75) is 24.8 Å². The summed E-state index contributed by atoms with van der Waals surface area (Å²) < 4.78 is 24.3. The largest absolute Gasteiger partial charge is 0.459 e. The normalized spacial score (nSPS) is 15.3. The van der Waals surface area contributed by atoms with E-state index in [0.29, 0.717) is 43.9 Å². The predicted octanol–water partition coefficient (Wildman–Crippen LogP) is 4.04. The van der Waals surface area contributed by atoms with Crippen LogP contribution in [0.15, 0.2) is 71.3 Å². The van der Waals surface area contributed by atoms with E-state index in [2.05, 4.69) is 10.6 Å². The van der Waals surface area contributed by atoms with E-state index in [1.165, 1.54) is 18.4 Å². The molecule has 1 saturated heterocycles. The van der Waals surface area contributed by atoms with Crippen LogP contribution in [0.4, 0.5) is 10.1 Å². The second-order valence-corrected chi connectivity index (χ2v) is 7.52. The molecule has 2 N–H and O–H groups in total. The number of carbonyl (C=O) groups is 2. The molecule has 6 nitrogen and oxygen atoms in total. The maximum atomic E-state index is 13.8. The summed E-state index contributed by atoms with van der Waals surface area (Å²) in [7, 11) is 0. The van der Waals surface area contributed by atoms with Gasteiger partial charge in [0.2, 0.25) is 5.91 Å². The van der Waals surface area contributed by atoms with Crippen LogP contribution >= 0.6 is 0 Å². The lowest BCUT2D eigenvalue weighted by atomic mass is 9.73. The highest BCUT2D eigenvalue weighted by atomic mass is 19.1. The van der Waals surface area contributed by atoms with Crippen LogP contribution in [0.3, 0.4) is 0 Å². The van der Waals surface area contributed by atoms with E-state index in [1.54, 1.807) is 36.4 Å². The van der Waals surface area contributed by atoms with Crippen LogP contribution in [0.2, 0.25) is 0 Å². The summed E-state index contributed by atoms with van der Waals surface area (Å²) >= 11 is 0. The van der Waals surface area contributed by atoms with E-state index in [-0.39, 0.29) is 23.4 Å². The van der Waals surface area contributed by atoms with E-state index < -0.39 is 5.41 Å². The molecule has 0 spiro atoms. The van der Waals surface area contributed by atoms with Crippen LogP contribution in [0.25, 0.3) is 0 Å². The molecule has 160 valence electrons. The van der Waals surface area contributed by atoms with Gasteiger partial charge < -0.3 is 19.8 Å². The van der Waals surface area contributed by atoms with E-state index in [9.17, 15) is 14.0 Å². The number of ether oxygens (including phenoxy) is 1. The van der Waals surface area contributed by atoms with E-state index >= 15 is 0 Å². The minimum Gasteiger partial charge on any atom is -0.459 e. The first-order valence-corrected chi connectivity index (χ1v) is 10.1. The van der Waals surface area contributed by atoms with Gasteiger partial charge in [-0.05, 0) is 60.4 Å². The zero-order valence-corrected chi connectivity index (χ0v) is 16.9. The zero-order valence-electron chi connectivity index (χ0n) is 16.9. The smallest absolute Gasteiger partial charge is 0.291 e. The third-order valence-corrected chi connectivity index (χ3v) is 5.57. The molecule has 0 unspecified atom stereocenters. The van der Waals surface area contributed by atoms with Crippen molar-refractivity contribution in [3.05, 3.63) is 89.6 Å². The summed E-state index contributed by atoms with van der Waals surface area (Å²) in [4.78, 5) is 25.2. The Kier molecular flexibility index (Phi) is 6.13. The van der Waals surface area contributed by atoms with E-state index in [1.807, 2.05) is 12.1 Å². The van der Waals surface area contributed by atoms with Crippen LogP contribution in [0.5, 0.6) is 0 Å². The van der Waals surface area contributed by atoms with Crippen molar-refractivity contribution >= 4 is 17.5 Å². The molecule has 0 saturated carbocycles. The Hall–Kier alpha value is -3.45. The molecule has 4 rings (SSSR count). The highest BCUT2D eigenvalue weighted by molar-refractivity contribution is 6.02. The van der Waals surface area contributed by atoms with Gasteiger partial charge in [0, 0.05) is 25.4 Å². The first kappa shape index (κ1) is 20.8. The van der Waals surface area contributed by atoms with Crippen molar-refractivity contribution in [2.75, 3.05) is 18.5 Å². The molecular weight excluding hydrogens is 399 g/mol. The number of benzene rings is 2. The lowest BCUT2D eigenvalue weighted by molar-refractivity contribution is -0.130. The number of carbonyl (C=O) groups excluding carboxylic acids is 2. The van der Waals surface area contributed by atoms with Gasteiger partial charge in [-0.3, -0.25) is 9.59 Å². The molecule has 0 atom stereocenters. The average molecular weight is 422 g/mol. The Morgan fingerprint density at radius 2 is 1.77 bits per heavy atom. The van der Waals surface area contributed by atoms with Gasteiger partial charge >= 0.3 is 0 Å². The third-order valence-electron chi connectivity index (χ3n) is 5.57. The van der Waals surface area contributed by atoms with Crippen LogP contribution in [-0.2, 0) is 21.5 Å². The van der Waals surface area contributed by atoms with Crippen LogP contribution in [0.1, 0.15) is 34.5 Å². The number of furan rings is 1. The second-order valence-electron chi connectivity index (χ2n) is 7.52. The monoisotopic (exact) mass is 422 g/mol. The van der Waals surface area contributed by atoms with Crippen molar-refractivity contribution < 1.29 is 23.1 Å². The Morgan fingerprint density at radius 1 is 1.00 bits per heavy atom. The number of hydrogen-bond donors (Lipinski definition) is 2. The fourth-order valence-corrected chi connectivity index (χ4v) is 3.81. The summed E-state index contributed by atoms with van der Waals surface area (Å²) in [5.74, 6) is -0.599. The Morgan fingerprint density at radius 3 is 2.45 bits per heavy atom. The number of rotatable bonds is 6. The summed E-state index contributed by atoms with van der Waals surface area (Å²) in [5, 5.41) is 5.74. The van der Waals surface area contributed by atoms with Crippen LogP contribution in [0, 0.1) is 5.82 Å². The average Bonchev–Trinajstić information content (AvgIpc) is 3.34. The molecule has 1 fully saturated rings. The molecule has 1 aliphatic heterocycles. The van der Waals surface area contributed by atoms with Crippen molar-refractivity contribution in [3.63, 3.8) is 0 Å². The summed E-state index contributed by atoms with van der Waals surface area (Å²) in [6, 6.07) is 16.7. The molecule has 2 aromatic carbocycles. The molecule has 1 aliphatic rings. The van der Waals surface area contributed by atoms with Gasteiger partial charge in [0.25, 0.3) is 5.91 Å². The quantitative estimate of drug-likeness (QED) is 0.628. The van der Waals surface area contributed by atoms with Crippen molar-refractivity contribution in [2.24, 2.45) is 0 Å². The molecule has 7 heteroatoms. The first-order valence-electron chi connectivity index (χ1n) is 10.1. The van der Waals surface area contributed by atoms with Gasteiger partial charge in [-0.15, -0.1) is 0 Å². The lowest BCUT2D eigenvalue weighted by Gasteiger charge is -2.36. The molecule has 0 bridgehead atoms. The number of halogens is 1. The standard InChI is InChI=1S/C24H23FN2O4/c25-19-4-1-3-18(15-19)24(10-13-30-14-11-24)23(29)26-16-17-6-8-20(9-7-17)27-22(28)21-5-2-12-31-21/h1-9,12,15H,10-11,13-14,16H2,(H,26,29)(H,27,28). The maximum Gasteiger partial charge on any atom is 0.291 e. The van der Waals surface area contributed by atoms with E-state index in [0.717, 1.165) is 5.56 Å². The number of anilines is 1. The lowest BCUT2D eigenvalue weighted by Crippen LogP contribution is -2.47. The highest BCUT2D eigenvalue weighted by Gasteiger charge is 2.41. The number of nitrogens with one attached hydrogen (secondary N) is 2. The minimum absolute atomic E-state index is 0.142. The molecule has 1 aromatic heterocycles. The summed E-state index contributed by atoms with van der Waals surface area (Å²) in [6.45, 7) is 1.23. The molecule has 0 radical (unpaired) electrons. The SMILES string of the molecule is O=C(Nc1ccc(CNC(=O)C2(c3cccc(F)c3)CCOCC2)cc1)c1ccco1. The van der Waals surface area contributed by atoms with Gasteiger partial charge in [0.1, 0.15) is 5.82 Å². The molecule has 2 heterocycles. The fourth-order valence-electron chi connectivity index (χ4n) is 3.81.